The average molecular weight is 438 g/mol. The van der Waals surface area contributed by atoms with Crippen molar-refractivity contribution in [3.8, 4) is 11.5 Å². The predicted octanol–water partition coefficient (Wildman–Crippen LogP) is 3.77. The van der Waals surface area contributed by atoms with Gasteiger partial charge in [0.05, 0.1) is 36.5 Å². The highest BCUT2D eigenvalue weighted by Crippen LogP contribution is 2.29. The molecule has 8 heteroatoms. The van der Waals surface area contributed by atoms with Crippen LogP contribution in [-0.2, 0) is 11.3 Å². The summed E-state index contributed by atoms with van der Waals surface area (Å²) in [6.07, 6.45) is 0. The molecule has 1 heterocycles. The number of amides is 1. The standard InChI is InChI=1S/C21H25Cl2N3O3/c1-28-16-6-7-19(29-2)18(12-16)24-20(27)14-26-10-8-25(9-11-26)13-15-4-3-5-17(22)21(15)23/h3-7,12H,8-11,13-14H2,1-2H3,(H,24,27). The molecule has 0 saturated carbocycles. The molecule has 2 aromatic rings. The molecular weight excluding hydrogens is 413 g/mol. The van der Waals surface area contributed by atoms with Gasteiger partial charge in [0.2, 0.25) is 5.91 Å². The monoisotopic (exact) mass is 437 g/mol. The Morgan fingerprint density at radius 2 is 1.76 bits per heavy atom. The lowest BCUT2D eigenvalue weighted by Gasteiger charge is -2.34. The van der Waals surface area contributed by atoms with Gasteiger partial charge in [-0.25, -0.2) is 0 Å². The molecule has 6 nitrogen and oxygen atoms in total. The van der Waals surface area contributed by atoms with E-state index in [9.17, 15) is 4.79 Å². The second kappa shape index (κ2) is 10.2. The van der Waals surface area contributed by atoms with E-state index in [0.717, 1.165) is 38.3 Å². The Morgan fingerprint density at radius 3 is 2.45 bits per heavy atom. The van der Waals surface area contributed by atoms with Gasteiger partial charge in [0.25, 0.3) is 0 Å². The van der Waals surface area contributed by atoms with E-state index in [2.05, 4.69) is 15.1 Å². The minimum Gasteiger partial charge on any atom is -0.497 e. The van der Waals surface area contributed by atoms with E-state index in [4.69, 9.17) is 32.7 Å². The van der Waals surface area contributed by atoms with Crippen LogP contribution in [0, 0.1) is 0 Å². The smallest absolute Gasteiger partial charge is 0.238 e. The average Bonchev–Trinajstić information content (AvgIpc) is 2.72. The Balaban J connectivity index is 1.50. The molecule has 0 spiro atoms. The number of methoxy groups -OCH3 is 2. The van der Waals surface area contributed by atoms with E-state index in [-0.39, 0.29) is 5.91 Å². The Kier molecular flexibility index (Phi) is 7.61. The third kappa shape index (κ3) is 5.76. The van der Waals surface area contributed by atoms with Crippen LogP contribution in [0.25, 0.3) is 0 Å². The highest BCUT2D eigenvalue weighted by Gasteiger charge is 2.20. The number of carbonyl (C=O) groups is 1. The lowest BCUT2D eigenvalue weighted by Crippen LogP contribution is -2.48. The van der Waals surface area contributed by atoms with E-state index < -0.39 is 0 Å². The van der Waals surface area contributed by atoms with Gasteiger partial charge in [-0.05, 0) is 23.8 Å². The number of hydrogen-bond donors (Lipinski definition) is 1. The van der Waals surface area contributed by atoms with Crippen molar-refractivity contribution in [1.82, 2.24) is 9.80 Å². The van der Waals surface area contributed by atoms with Crippen LogP contribution in [0.1, 0.15) is 5.56 Å². The minimum atomic E-state index is -0.0807. The van der Waals surface area contributed by atoms with Crippen molar-refractivity contribution < 1.29 is 14.3 Å². The van der Waals surface area contributed by atoms with Gasteiger partial charge in [-0.1, -0.05) is 35.3 Å². The number of ether oxygens (including phenoxy) is 2. The van der Waals surface area contributed by atoms with E-state index >= 15 is 0 Å². The Labute approximate surface area is 181 Å². The van der Waals surface area contributed by atoms with Crippen molar-refractivity contribution in [2.24, 2.45) is 0 Å². The summed E-state index contributed by atoms with van der Waals surface area (Å²) in [7, 11) is 3.16. The maximum atomic E-state index is 12.5. The number of anilines is 1. The molecule has 0 radical (unpaired) electrons. The summed E-state index contributed by atoms with van der Waals surface area (Å²) in [5, 5.41) is 4.11. The van der Waals surface area contributed by atoms with Crippen molar-refractivity contribution in [2.75, 3.05) is 52.3 Å². The lowest BCUT2D eigenvalue weighted by atomic mass is 10.2. The number of rotatable bonds is 7. The topological polar surface area (TPSA) is 54.0 Å². The van der Waals surface area contributed by atoms with Gasteiger partial charge < -0.3 is 14.8 Å². The third-order valence-corrected chi connectivity index (χ3v) is 5.80. The number of halogens is 2. The van der Waals surface area contributed by atoms with E-state index in [1.165, 1.54) is 0 Å². The van der Waals surface area contributed by atoms with Gasteiger partial charge in [-0.15, -0.1) is 0 Å². The molecule has 1 fully saturated rings. The molecule has 2 aromatic carbocycles. The molecule has 0 atom stereocenters. The van der Waals surface area contributed by atoms with Crippen LogP contribution >= 0.6 is 23.2 Å². The summed E-state index contributed by atoms with van der Waals surface area (Å²) in [6.45, 7) is 4.41. The lowest BCUT2D eigenvalue weighted by molar-refractivity contribution is -0.117. The SMILES string of the molecule is COc1ccc(OC)c(NC(=O)CN2CCN(Cc3cccc(Cl)c3Cl)CC2)c1. The van der Waals surface area contributed by atoms with Crippen LogP contribution < -0.4 is 14.8 Å². The second-order valence-electron chi connectivity index (χ2n) is 6.88. The third-order valence-electron chi connectivity index (χ3n) is 4.94. The van der Waals surface area contributed by atoms with Crippen LogP contribution in [0.5, 0.6) is 11.5 Å². The summed E-state index contributed by atoms with van der Waals surface area (Å²) in [5.74, 6) is 1.18. The zero-order valence-electron chi connectivity index (χ0n) is 16.6. The van der Waals surface area contributed by atoms with Crippen LogP contribution in [0.15, 0.2) is 36.4 Å². The highest BCUT2D eigenvalue weighted by molar-refractivity contribution is 6.42. The van der Waals surface area contributed by atoms with Gasteiger partial charge in [0.15, 0.2) is 0 Å². The van der Waals surface area contributed by atoms with E-state index in [1.807, 2.05) is 12.1 Å². The zero-order valence-corrected chi connectivity index (χ0v) is 18.1. The molecule has 0 bridgehead atoms. The number of nitrogens with one attached hydrogen (secondary N) is 1. The second-order valence-corrected chi connectivity index (χ2v) is 7.66. The Hall–Kier alpha value is -1.99. The Morgan fingerprint density at radius 1 is 1.03 bits per heavy atom. The largest absolute Gasteiger partial charge is 0.497 e. The molecule has 1 aliphatic heterocycles. The van der Waals surface area contributed by atoms with Crippen LogP contribution in [0.3, 0.4) is 0 Å². The molecule has 1 amide bonds. The first-order valence-corrected chi connectivity index (χ1v) is 10.1. The number of benzene rings is 2. The van der Waals surface area contributed by atoms with Crippen molar-refractivity contribution >= 4 is 34.8 Å². The van der Waals surface area contributed by atoms with Crippen molar-refractivity contribution in [1.29, 1.82) is 0 Å². The molecule has 0 aromatic heterocycles. The van der Waals surface area contributed by atoms with Crippen molar-refractivity contribution in [2.45, 2.75) is 6.54 Å². The number of carbonyl (C=O) groups excluding carboxylic acids is 1. The summed E-state index contributed by atoms with van der Waals surface area (Å²) >= 11 is 12.4. The fourth-order valence-electron chi connectivity index (χ4n) is 3.32. The number of piperazine rings is 1. The van der Waals surface area contributed by atoms with Gasteiger partial charge in [-0.2, -0.15) is 0 Å². The first kappa shape index (κ1) is 21.7. The summed E-state index contributed by atoms with van der Waals surface area (Å²) < 4.78 is 10.5. The van der Waals surface area contributed by atoms with Crippen LogP contribution in [0.2, 0.25) is 10.0 Å². The minimum absolute atomic E-state index is 0.0807. The van der Waals surface area contributed by atoms with Crippen molar-refractivity contribution in [3.05, 3.63) is 52.0 Å². The van der Waals surface area contributed by atoms with Gasteiger partial charge in [0, 0.05) is 38.8 Å². The normalized spacial score (nSPS) is 15.2. The maximum Gasteiger partial charge on any atom is 0.238 e. The molecule has 1 N–H and O–H groups in total. The fraction of sp³-hybridized carbons (Fsp3) is 0.381. The molecule has 156 valence electrons. The predicted molar refractivity (Wildman–Crippen MR) is 116 cm³/mol. The van der Waals surface area contributed by atoms with Gasteiger partial charge in [0.1, 0.15) is 11.5 Å². The highest BCUT2D eigenvalue weighted by atomic mass is 35.5. The quantitative estimate of drug-likeness (QED) is 0.714. The molecular formula is C21H25Cl2N3O3. The van der Waals surface area contributed by atoms with Gasteiger partial charge >= 0.3 is 0 Å². The maximum absolute atomic E-state index is 12.5. The summed E-state index contributed by atoms with van der Waals surface area (Å²) in [4.78, 5) is 17.0. The first-order valence-electron chi connectivity index (χ1n) is 9.39. The van der Waals surface area contributed by atoms with Gasteiger partial charge in [-0.3, -0.25) is 14.6 Å². The summed E-state index contributed by atoms with van der Waals surface area (Å²) in [5.41, 5.74) is 1.63. The molecule has 1 saturated heterocycles. The van der Waals surface area contributed by atoms with E-state index in [1.54, 1.807) is 38.5 Å². The summed E-state index contributed by atoms with van der Waals surface area (Å²) in [6, 6.07) is 11.0. The van der Waals surface area contributed by atoms with Crippen LogP contribution in [-0.4, -0.2) is 62.7 Å². The zero-order chi connectivity index (χ0) is 20.8. The molecule has 0 aliphatic carbocycles. The van der Waals surface area contributed by atoms with Crippen molar-refractivity contribution in [3.63, 3.8) is 0 Å². The Bertz CT molecular complexity index is 855. The molecule has 29 heavy (non-hydrogen) atoms. The molecule has 3 rings (SSSR count). The number of nitrogens with zero attached hydrogens (tertiary/aromatic N) is 2. The molecule has 1 aliphatic rings. The molecule has 0 unspecified atom stereocenters. The first-order chi connectivity index (χ1) is 14.0. The van der Waals surface area contributed by atoms with Crippen LogP contribution in [0.4, 0.5) is 5.69 Å². The van der Waals surface area contributed by atoms with E-state index in [0.29, 0.717) is 33.8 Å². The fourth-order valence-corrected chi connectivity index (χ4v) is 3.70. The number of hydrogen-bond acceptors (Lipinski definition) is 5.